The lowest BCUT2D eigenvalue weighted by Crippen LogP contribution is -2.68. The van der Waals surface area contributed by atoms with Crippen LogP contribution in [0.4, 0.5) is 0 Å². The lowest BCUT2D eigenvalue weighted by molar-refractivity contribution is -0.245. The van der Waals surface area contributed by atoms with E-state index in [9.17, 15) is 14.4 Å². The van der Waals surface area contributed by atoms with Crippen LogP contribution in [0.2, 0.25) is 0 Å². The fourth-order valence-corrected chi connectivity index (χ4v) is 3.08. The Morgan fingerprint density at radius 3 is 2.15 bits per heavy atom. The fraction of sp³-hybridized carbons (Fsp3) is 0.526. The van der Waals surface area contributed by atoms with E-state index in [-0.39, 0.29) is 18.4 Å². The molecule has 2 rings (SSSR count). The quantitative estimate of drug-likeness (QED) is 0.713. The van der Waals surface area contributed by atoms with E-state index in [2.05, 4.69) is 10.6 Å². The number of amides is 2. The average Bonchev–Trinajstić information content (AvgIpc) is 2.59. The zero-order chi connectivity index (χ0) is 20.0. The second-order valence-electron chi connectivity index (χ2n) is 6.53. The average molecular weight is 378 g/mol. The van der Waals surface area contributed by atoms with Crippen LogP contribution in [-0.2, 0) is 35.2 Å². The van der Waals surface area contributed by atoms with Crippen LogP contribution in [0, 0.1) is 0 Å². The zero-order valence-electron chi connectivity index (χ0n) is 15.9. The first-order valence-electron chi connectivity index (χ1n) is 8.80. The van der Waals surface area contributed by atoms with Gasteiger partial charge in [-0.2, -0.15) is 0 Å². The summed E-state index contributed by atoms with van der Waals surface area (Å²) in [5.74, 6) is -1.15. The van der Waals surface area contributed by atoms with Crippen molar-refractivity contribution in [1.82, 2.24) is 10.6 Å². The van der Waals surface area contributed by atoms with Gasteiger partial charge < -0.3 is 24.8 Å². The lowest BCUT2D eigenvalue weighted by atomic mass is 9.94. The Morgan fingerprint density at radius 2 is 1.59 bits per heavy atom. The largest absolute Gasteiger partial charge is 0.458 e. The van der Waals surface area contributed by atoms with Gasteiger partial charge >= 0.3 is 5.97 Å². The number of nitrogens with one attached hydrogen (secondary N) is 2. The first kappa shape index (κ1) is 20.9. The van der Waals surface area contributed by atoms with Crippen molar-refractivity contribution in [1.29, 1.82) is 0 Å². The molecule has 2 amide bonds. The standard InChI is InChI=1S/C19H26N2O6/c1-11-16(20-12(2)22)18(27-14(4)24)17(21-13(3)23)19(26-11)25-10-15-8-6-5-7-9-15/h5-9,11,16-19H,10H2,1-4H3,(H,20,22)(H,21,23)/t11-,16+,17+,18-,19-/m0/s1. The summed E-state index contributed by atoms with van der Waals surface area (Å²) >= 11 is 0. The van der Waals surface area contributed by atoms with Crippen molar-refractivity contribution in [3.05, 3.63) is 35.9 Å². The van der Waals surface area contributed by atoms with Crippen LogP contribution >= 0.6 is 0 Å². The van der Waals surface area contributed by atoms with E-state index in [1.807, 2.05) is 30.3 Å². The molecule has 8 nitrogen and oxygen atoms in total. The molecule has 5 atom stereocenters. The Balaban J connectivity index is 2.24. The summed E-state index contributed by atoms with van der Waals surface area (Å²) in [6.45, 7) is 6.00. The summed E-state index contributed by atoms with van der Waals surface area (Å²) in [6.07, 6.45) is -2.18. The van der Waals surface area contributed by atoms with Crippen molar-refractivity contribution in [2.45, 2.75) is 64.9 Å². The molecule has 148 valence electrons. The van der Waals surface area contributed by atoms with E-state index in [1.54, 1.807) is 6.92 Å². The van der Waals surface area contributed by atoms with Gasteiger partial charge in [0.15, 0.2) is 6.29 Å². The van der Waals surface area contributed by atoms with Gasteiger partial charge in [0.05, 0.1) is 18.8 Å². The van der Waals surface area contributed by atoms with Crippen molar-refractivity contribution >= 4 is 17.8 Å². The third kappa shape index (κ3) is 6.04. The molecule has 0 spiro atoms. The van der Waals surface area contributed by atoms with E-state index >= 15 is 0 Å². The predicted molar refractivity (Wildman–Crippen MR) is 96.3 cm³/mol. The number of carbonyl (C=O) groups excluding carboxylic acids is 3. The second-order valence-corrected chi connectivity index (χ2v) is 6.53. The van der Waals surface area contributed by atoms with Gasteiger partial charge in [-0.15, -0.1) is 0 Å². The maximum Gasteiger partial charge on any atom is 0.303 e. The fourth-order valence-electron chi connectivity index (χ4n) is 3.08. The van der Waals surface area contributed by atoms with Crippen molar-refractivity contribution in [2.75, 3.05) is 0 Å². The van der Waals surface area contributed by atoms with Crippen LogP contribution in [0.15, 0.2) is 30.3 Å². The van der Waals surface area contributed by atoms with Gasteiger partial charge in [0.1, 0.15) is 12.1 Å². The van der Waals surface area contributed by atoms with E-state index < -0.39 is 36.6 Å². The molecule has 0 saturated carbocycles. The minimum Gasteiger partial charge on any atom is -0.458 e. The molecule has 0 bridgehead atoms. The molecule has 0 aromatic heterocycles. The molecule has 1 aromatic rings. The maximum atomic E-state index is 11.7. The minimum absolute atomic E-state index is 0.256. The summed E-state index contributed by atoms with van der Waals surface area (Å²) in [5.41, 5.74) is 0.934. The van der Waals surface area contributed by atoms with Crippen LogP contribution in [0.25, 0.3) is 0 Å². The summed E-state index contributed by atoms with van der Waals surface area (Å²) < 4.78 is 17.2. The predicted octanol–water partition coefficient (Wildman–Crippen LogP) is 0.889. The van der Waals surface area contributed by atoms with Crippen LogP contribution in [-0.4, -0.2) is 48.4 Å². The lowest BCUT2D eigenvalue weighted by Gasteiger charge is -2.45. The number of hydrogen-bond donors (Lipinski definition) is 2. The Kier molecular flexibility index (Phi) is 7.32. The first-order chi connectivity index (χ1) is 12.8. The summed E-state index contributed by atoms with van der Waals surface area (Å²) in [5, 5.41) is 5.47. The Labute approximate surface area is 158 Å². The molecular formula is C19H26N2O6. The monoisotopic (exact) mass is 378 g/mol. The molecule has 1 aliphatic rings. The third-order valence-electron chi connectivity index (χ3n) is 4.15. The summed E-state index contributed by atoms with van der Waals surface area (Å²) in [7, 11) is 0. The van der Waals surface area contributed by atoms with Gasteiger partial charge in [0, 0.05) is 20.8 Å². The summed E-state index contributed by atoms with van der Waals surface area (Å²) in [4.78, 5) is 34.9. The molecule has 0 unspecified atom stereocenters. The number of hydrogen-bond acceptors (Lipinski definition) is 6. The topological polar surface area (TPSA) is 103 Å². The highest BCUT2D eigenvalue weighted by Crippen LogP contribution is 2.25. The Morgan fingerprint density at radius 1 is 1.00 bits per heavy atom. The number of esters is 1. The Hall–Kier alpha value is -2.45. The highest BCUT2D eigenvalue weighted by Gasteiger charge is 2.47. The van der Waals surface area contributed by atoms with Gasteiger partial charge in [-0.05, 0) is 12.5 Å². The van der Waals surface area contributed by atoms with E-state index in [4.69, 9.17) is 14.2 Å². The van der Waals surface area contributed by atoms with Gasteiger partial charge in [0.25, 0.3) is 0 Å². The number of benzene rings is 1. The van der Waals surface area contributed by atoms with Crippen LogP contribution in [0.1, 0.15) is 33.3 Å². The van der Waals surface area contributed by atoms with Gasteiger partial charge in [-0.1, -0.05) is 30.3 Å². The normalized spacial score (nSPS) is 27.5. The van der Waals surface area contributed by atoms with E-state index in [0.29, 0.717) is 0 Å². The molecule has 2 N–H and O–H groups in total. The number of ether oxygens (including phenoxy) is 3. The highest BCUT2D eigenvalue weighted by atomic mass is 16.7. The molecule has 0 radical (unpaired) electrons. The minimum atomic E-state index is -0.849. The van der Waals surface area contributed by atoms with Gasteiger partial charge in [0.2, 0.25) is 11.8 Å². The SMILES string of the molecule is CC(=O)N[C@H]1[C@@H](OCc2ccccc2)O[C@@H](C)[C@@H](NC(C)=O)[C@@H]1OC(C)=O. The first-order valence-corrected chi connectivity index (χ1v) is 8.80. The molecular weight excluding hydrogens is 352 g/mol. The molecule has 1 fully saturated rings. The van der Waals surface area contributed by atoms with Crippen molar-refractivity contribution < 1.29 is 28.6 Å². The van der Waals surface area contributed by atoms with E-state index in [0.717, 1.165) is 5.56 Å². The number of carbonyl (C=O) groups is 3. The number of rotatable bonds is 6. The molecule has 8 heteroatoms. The second kappa shape index (κ2) is 9.48. The van der Waals surface area contributed by atoms with Crippen LogP contribution in [0.5, 0.6) is 0 Å². The van der Waals surface area contributed by atoms with Crippen molar-refractivity contribution in [3.63, 3.8) is 0 Å². The van der Waals surface area contributed by atoms with Crippen molar-refractivity contribution in [2.24, 2.45) is 0 Å². The highest BCUT2D eigenvalue weighted by molar-refractivity contribution is 5.74. The smallest absolute Gasteiger partial charge is 0.303 e. The van der Waals surface area contributed by atoms with Crippen LogP contribution in [0.3, 0.4) is 0 Å². The molecule has 1 aromatic carbocycles. The Bertz CT molecular complexity index is 665. The zero-order valence-corrected chi connectivity index (χ0v) is 15.9. The third-order valence-corrected chi connectivity index (χ3v) is 4.15. The molecule has 1 aliphatic heterocycles. The molecule has 1 heterocycles. The van der Waals surface area contributed by atoms with Gasteiger partial charge in [-0.3, -0.25) is 14.4 Å². The molecule has 1 saturated heterocycles. The summed E-state index contributed by atoms with van der Waals surface area (Å²) in [6, 6.07) is 8.10. The van der Waals surface area contributed by atoms with E-state index in [1.165, 1.54) is 20.8 Å². The van der Waals surface area contributed by atoms with Crippen molar-refractivity contribution in [3.8, 4) is 0 Å². The molecule has 0 aliphatic carbocycles. The molecule has 27 heavy (non-hydrogen) atoms. The maximum absolute atomic E-state index is 11.7. The van der Waals surface area contributed by atoms with Crippen LogP contribution < -0.4 is 10.6 Å². The van der Waals surface area contributed by atoms with Gasteiger partial charge in [-0.25, -0.2) is 0 Å².